The minimum absolute atomic E-state index is 0.113. The van der Waals surface area contributed by atoms with E-state index in [0.29, 0.717) is 5.92 Å². The second-order valence-corrected chi connectivity index (χ2v) is 4.24. The second-order valence-electron chi connectivity index (χ2n) is 4.24. The van der Waals surface area contributed by atoms with Gasteiger partial charge in [0.2, 0.25) is 0 Å². The van der Waals surface area contributed by atoms with Gasteiger partial charge in [0.15, 0.2) is 0 Å². The smallest absolute Gasteiger partial charge is 0.410 e. The highest BCUT2D eigenvalue weighted by molar-refractivity contribution is 5.68. The largest absolute Gasteiger partial charge is 0.446 e. The Morgan fingerprint density at radius 3 is 2.38 bits per heavy atom. The molecule has 0 bridgehead atoms. The first kappa shape index (κ1) is 10.4. The van der Waals surface area contributed by atoms with Crippen molar-refractivity contribution in [2.45, 2.75) is 46.3 Å². The van der Waals surface area contributed by atoms with Crippen LogP contribution in [0.25, 0.3) is 0 Å². The Kier molecular flexibility index (Phi) is 3.17. The van der Waals surface area contributed by atoms with Crippen LogP contribution < -0.4 is 0 Å². The molecule has 1 amide bonds. The van der Waals surface area contributed by atoms with Crippen LogP contribution in [0.1, 0.15) is 34.1 Å². The summed E-state index contributed by atoms with van der Waals surface area (Å²) in [4.78, 5) is 13.2. The summed E-state index contributed by atoms with van der Waals surface area (Å²) in [6.45, 7) is 9.03. The summed E-state index contributed by atoms with van der Waals surface area (Å²) in [5, 5.41) is 0. The third-order valence-electron chi connectivity index (χ3n) is 2.51. The summed E-state index contributed by atoms with van der Waals surface area (Å²) in [7, 11) is 0. The highest BCUT2D eigenvalue weighted by atomic mass is 16.6. The SMILES string of the molecule is CC(C)[C@@H]1CCN(C(C)C)C(=O)O1. The van der Waals surface area contributed by atoms with Crippen molar-refractivity contribution < 1.29 is 9.53 Å². The molecule has 76 valence electrons. The average Bonchev–Trinajstić information content (AvgIpc) is 2.03. The van der Waals surface area contributed by atoms with Crippen LogP contribution in [-0.4, -0.2) is 29.7 Å². The lowest BCUT2D eigenvalue weighted by Gasteiger charge is -2.35. The standard InChI is InChI=1S/C10H19NO2/c1-7(2)9-5-6-11(8(3)4)10(12)13-9/h7-9H,5-6H2,1-4H3/t9-/m0/s1. The Bertz CT molecular complexity index is 189. The lowest BCUT2D eigenvalue weighted by Crippen LogP contribution is -2.46. The molecule has 1 fully saturated rings. The van der Waals surface area contributed by atoms with Crippen LogP contribution in [0, 0.1) is 5.92 Å². The predicted octanol–water partition coefficient (Wildman–Crippen LogP) is 2.26. The lowest BCUT2D eigenvalue weighted by atomic mass is 10.0. The fourth-order valence-electron chi connectivity index (χ4n) is 1.55. The molecule has 0 N–H and O–H groups in total. The summed E-state index contributed by atoms with van der Waals surface area (Å²) in [6, 6.07) is 0.251. The molecule has 0 unspecified atom stereocenters. The number of cyclic esters (lactones) is 1. The maximum atomic E-state index is 11.5. The van der Waals surface area contributed by atoms with Crippen molar-refractivity contribution in [2.75, 3.05) is 6.54 Å². The molecule has 1 aliphatic heterocycles. The number of hydrogen-bond acceptors (Lipinski definition) is 2. The summed E-state index contributed by atoms with van der Waals surface area (Å²) < 4.78 is 5.31. The summed E-state index contributed by atoms with van der Waals surface area (Å²) >= 11 is 0. The van der Waals surface area contributed by atoms with Gasteiger partial charge in [-0.2, -0.15) is 0 Å². The van der Waals surface area contributed by atoms with E-state index in [1.807, 2.05) is 13.8 Å². The number of rotatable bonds is 2. The molecule has 13 heavy (non-hydrogen) atoms. The zero-order valence-corrected chi connectivity index (χ0v) is 8.91. The van der Waals surface area contributed by atoms with Crippen LogP contribution >= 0.6 is 0 Å². The van der Waals surface area contributed by atoms with Crippen molar-refractivity contribution in [3.05, 3.63) is 0 Å². The molecule has 1 atom stereocenters. The summed E-state index contributed by atoms with van der Waals surface area (Å²) in [5.41, 5.74) is 0. The highest BCUT2D eigenvalue weighted by Crippen LogP contribution is 2.19. The number of nitrogens with zero attached hydrogens (tertiary/aromatic N) is 1. The Balaban J connectivity index is 2.52. The Labute approximate surface area is 80.1 Å². The Morgan fingerprint density at radius 1 is 1.38 bits per heavy atom. The molecule has 1 heterocycles. The summed E-state index contributed by atoms with van der Waals surface area (Å²) in [6.07, 6.45) is 0.921. The van der Waals surface area contributed by atoms with E-state index in [0.717, 1.165) is 13.0 Å². The van der Waals surface area contributed by atoms with E-state index in [1.54, 1.807) is 4.90 Å². The van der Waals surface area contributed by atoms with Gasteiger partial charge in [-0.15, -0.1) is 0 Å². The minimum Gasteiger partial charge on any atom is -0.446 e. The van der Waals surface area contributed by atoms with E-state index in [1.165, 1.54) is 0 Å². The van der Waals surface area contributed by atoms with Gasteiger partial charge in [0.1, 0.15) is 6.10 Å². The molecule has 0 spiro atoms. The fraction of sp³-hybridized carbons (Fsp3) is 0.900. The number of carbonyl (C=O) groups is 1. The quantitative estimate of drug-likeness (QED) is 0.660. The molecule has 0 saturated carbocycles. The zero-order chi connectivity index (χ0) is 10.0. The van der Waals surface area contributed by atoms with E-state index in [-0.39, 0.29) is 18.2 Å². The Morgan fingerprint density at radius 2 is 2.00 bits per heavy atom. The topological polar surface area (TPSA) is 29.5 Å². The van der Waals surface area contributed by atoms with Crippen LogP contribution in [-0.2, 0) is 4.74 Å². The van der Waals surface area contributed by atoms with Gasteiger partial charge in [0, 0.05) is 19.0 Å². The first-order valence-corrected chi connectivity index (χ1v) is 4.99. The molecule has 0 aromatic carbocycles. The number of hydrogen-bond donors (Lipinski definition) is 0. The van der Waals surface area contributed by atoms with E-state index >= 15 is 0 Å². The van der Waals surface area contributed by atoms with Gasteiger partial charge in [-0.1, -0.05) is 13.8 Å². The third-order valence-corrected chi connectivity index (χ3v) is 2.51. The average molecular weight is 185 g/mol. The van der Waals surface area contributed by atoms with Gasteiger partial charge < -0.3 is 9.64 Å². The first-order chi connectivity index (χ1) is 6.02. The molecule has 0 radical (unpaired) electrons. The predicted molar refractivity (Wildman–Crippen MR) is 51.6 cm³/mol. The van der Waals surface area contributed by atoms with E-state index < -0.39 is 0 Å². The van der Waals surface area contributed by atoms with Crippen molar-refractivity contribution in [3.63, 3.8) is 0 Å². The molecule has 0 aromatic heterocycles. The third kappa shape index (κ3) is 2.36. The van der Waals surface area contributed by atoms with Crippen LogP contribution in [0.15, 0.2) is 0 Å². The van der Waals surface area contributed by atoms with Crippen molar-refractivity contribution >= 4 is 6.09 Å². The second kappa shape index (κ2) is 3.99. The number of ether oxygens (including phenoxy) is 1. The van der Waals surface area contributed by atoms with Crippen molar-refractivity contribution in [2.24, 2.45) is 5.92 Å². The van der Waals surface area contributed by atoms with Crippen molar-refractivity contribution in [1.29, 1.82) is 0 Å². The summed E-state index contributed by atoms with van der Waals surface area (Å²) in [5.74, 6) is 0.429. The molecular formula is C10H19NO2. The van der Waals surface area contributed by atoms with Crippen LogP contribution in [0.2, 0.25) is 0 Å². The minimum atomic E-state index is -0.153. The van der Waals surface area contributed by atoms with Gasteiger partial charge >= 0.3 is 6.09 Å². The van der Waals surface area contributed by atoms with Crippen molar-refractivity contribution in [1.82, 2.24) is 4.90 Å². The molecule has 1 saturated heterocycles. The van der Waals surface area contributed by atoms with E-state index in [2.05, 4.69) is 13.8 Å². The normalized spacial score (nSPS) is 24.0. The fourth-order valence-corrected chi connectivity index (χ4v) is 1.55. The highest BCUT2D eigenvalue weighted by Gasteiger charge is 2.29. The Hall–Kier alpha value is -0.730. The first-order valence-electron chi connectivity index (χ1n) is 4.99. The molecule has 1 rings (SSSR count). The van der Waals surface area contributed by atoms with Crippen LogP contribution in [0.5, 0.6) is 0 Å². The maximum Gasteiger partial charge on any atom is 0.410 e. The van der Waals surface area contributed by atoms with Gasteiger partial charge in [-0.3, -0.25) is 0 Å². The van der Waals surface area contributed by atoms with Gasteiger partial charge in [-0.25, -0.2) is 4.79 Å². The molecular weight excluding hydrogens is 166 g/mol. The van der Waals surface area contributed by atoms with Gasteiger partial charge in [-0.05, 0) is 19.8 Å². The number of amides is 1. The number of carbonyl (C=O) groups excluding carboxylic acids is 1. The van der Waals surface area contributed by atoms with E-state index in [4.69, 9.17) is 4.74 Å². The van der Waals surface area contributed by atoms with Crippen LogP contribution in [0.3, 0.4) is 0 Å². The van der Waals surface area contributed by atoms with Gasteiger partial charge in [0.05, 0.1) is 0 Å². The molecule has 3 nitrogen and oxygen atoms in total. The van der Waals surface area contributed by atoms with Crippen molar-refractivity contribution in [3.8, 4) is 0 Å². The molecule has 3 heteroatoms. The van der Waals surface area contributed by atoms with E-state index in [9.17, 15) is 4.79 Å². The molecule has 0 aliphatic carbocycles. The molecule has 0 aromatic rings. The van der Waals surface area contributed by atoms with Crippen LogP contribution in [0.4, 0.5) is 4.79 Å². The molecule has 1 aliphatic rings. The zero-order valence-electron chi connectivity index (χ0n) is 8.91. The maximum absolute atomic E-state index is 11.5. The van der Waals surface area contributed by atoms with Gasteiger partial charge in [0.25, 0.3) is 0 Å². The monoisotopic (exact) mass is 185 g/mol. The lowest BCUT2D eigenvalue weighted by molar-refractivity contribution is -0.00329.